The number of carbonyl (C=O) groups excluding carboxylic acids is 3. The molecule has 176 valence electrons. The van der Waals surface area contributed by atoms with Crippen molar-refractivity contribution in [3.63, 3.8) is 0 Å². The zero-order valence-corrected chi connectivity index (χ0v) is 18.7. The van der Waals surface area contributed by atoms with Gasteiger partial charge in [-0.05, 0) is 38.1 Å². The first-order valence-corrected chi connectivity index (χ1v) is 10.8. The van der Waals surface area contributed by atoms with E-state index < -0.39 is 69.9 Å². The average Bonchev–Trinajstić information content (AvgIpc) is 2.75. The summed E-state index contributed by atoms with van der Waals surface area (Å²) in [6, 6.07) is 3.32. The van der Waals surface area contributed by atoms with Crippen LogP contribution in [0, 0.1) is 11.8 Å². The van der Waals surface area contributed by atoms with Crippen LogP contribution in [-0.4, -0.2) is 79.1 Å². The van der Waals surface area contributed by atoms with Crippen molar-refractivity contribution < 1.29 is 39.9 Å². The molecule has 1 aromatic rings. The van der Waals surface area contributed by atoms with E-state index in [1.54, 1.807) is 37.9 Å². The minimum Gasteiger partial charge on any atom is -0.510 e. The summed E-state index contributed by atoms with van der Waals surface area (Å²) in [4.78, 5) is 40.6. The number of Topliss-reactive ketones (excluding diaryl/α,β-unsaturated/α-hetero) is 3. The molecule has 0 fully saturated rings. The maximum Gasteiger partial charge on any atom is 0.209 e. The molecule has 0 spiro atoms. The normalized spacial score (nSPS) is 33.7. The lowest BCUT2D eigenvalue weighted by Gasteiger charge is -2.53. The monoisotopic (exact) mass is 457 g/mol. The van der Waals surface area contributed by atoms with Crippen molar-refractivity contribution in [3.05, 3.63) is 52.0 Å². The van der Waals surface area contributed by atoms with Crippen LogP contribution < -0.4 is 0 Å². The molecule has 3 aliphatic rings. The van der Waals surface area contributed by atoms with E-state index in [1.807, 2.05) is 0 Å². The van der Waals surface area contributed by atoms with Gasteiger partial charge in [0.1, 0.15) is 22.8 Å². The first-order valence-electron chi connectivity index (χ1n) is 10.8. The molecule has 0 heterocycles. The molecule has 4 rings (SSSR count). The molecule has 0 saturated heterocycles. The number of carbonyl (C=O) groups is 3. The third-order valence-electron chi connectivity index (χ3n) is 7.52. The number of rotatable bonds is 3. The summed E-state index contributed by atoms with van der Waals surface area (Å²) in [5.74, 6) is -7.84. The van der Waals surface area contributed by atoms with Crippen LogP contribution in [0.4, 0.5) is 0 Å². The Morgan fingerprint density at radius 1 is 1.18 bits per heavy atom. The third kappa shape index (κ3) is 2.79. The second-order valence-corrected chi connectivity index (χ2v) is 9.09. The van der Waals surface area contributed by atoms with Gasteiger partial charge in [-0.2, -0.15) is 0 Å². The number of aliphatic hydroxyl groups excluding tert-OH is 3. The molecule has 33 heavy (non-hydrogen) atoms. The molecule has 6 atom stereocenters. The molecule has 0 radical (unpaired) electrons. The minimum atomic E-state index is -2.82. The summed E-state index contributed by atoms with van der Waals surface area (Å²) in [6.07, 6.45) is -1.55. The molecular formula is C24H27NO8. The molecule has 0 aliphatic heterocycles. The topological polar surface area (TPSA) is 156 Å². The van der Waals surface area contributed by atoms with Gasteiger partial charge < -0.3 is 25.5 Å². The number of benzene rings is 1. The summed E-state index contributed by atoms with van der Waals surface area (Å²) in [7, 11) is 1.58. The second-order valence-electron chi connectivity index (χ2n) is 9.09. The predicted molar refractivity (Wildman–Crippen MR) is 116 cm³/mol. The van der Waals surface area contributed by atoms with Crippen molar-refractivity contribution in [1.82, 2.24) is 4.90 Å². The Morgan fingerprint density at radius 3 is 2.39 bits per heavy atom. The fourth-order valence-electron chi connectivity index (χ4n) is 5.80. The summed E-state index contributed by atoms with van der Waals surface area (Å²) >= 11 is 0. The minimum absolute atomic E-state index is 0.0762. The highest BCUT2D eigenvalue weighted by atomic mass is 16.4. The average molecular weight is 457 g/mol. The van der Waals surface area contributed by atoms with E-state index in [0.29, 0.717) is 12.1 Å². The lowest BCUT2D eigenvalue weighted by molar-refractivity contribution is -0.162. The first-order chi connectivity index (χ1) is 15.4. The maximum atomic E-state index is 13.4. The Bertz CT molecular complexity index is 1150. The fraction of sp³-hybridized carbons (Fsp3) is 0.458. The van der Waals surface area contributed by atoms with E-state index >= 15 is 0 Å². The van der Waals surface area contributed by atoms with Crippen LogP contribution in [0.5, 0.6) is 5.75 Å². The lowest BCUT2D eigenvalue weighted by atomic mass is 9.55. The van der Waals surface area contributed by atoms with Crippen LogP contribution in [0.15, 0.2) is 40.9 Å². The number of hydrogen-bond donors (Lipinski definition) is 5. The molecule has 0 aromatic heterocycles. The Hall–Kier alpha value is -3.01. The zero-order chi connectivity index (χ0) is 24.6. The first kappa shape index (κ1) is 23.2. The largest absolute Gasteiger partial charge is 0.510 e. The smallest absolute Gasteiger partial charge is 0.209 e. The zero-order valence-electron chi connectivity index (χ0n) is 18.7. The van der Waals surface area contributed by atoms with Gasteiger partial charge in [-0.3, -0.25) is 19.3 Å². The van der Waals surface area contributed by atoms with Gasteiger partial charge in [0.25, 0.3) is 0 Å². The molecule has 9 nitrogen and oxygen atoms in total. The van der Waals surface area contributed by atoms with Gasteiger partial charge in [0.05, 0.1) is 23.6 Å². The Morgan fingerprint density at radius 2 is 1.82 bits per heavy atom. The quantitative estimate of drug-likeness (QED) is 0.420. The highest BCUT2D eigenvalue weighted by Gasteiger charge is 2.67. The van der Waals surface area contributed by atoms with Crippen LogP contribution in [0.1, 0.15) is 42.6 Å². The van der Waals surface area contributed by atoms with Crippen molar-refractivity contribution in [3.8, 4) is 5.75 Å². The van der Waals surface area contributed by atoms with Crippen LogP contribution >= 0.6 is 0 Å². The van der Waals surface area contributed by atoms with Crippen molar-refractivity contribution >= 4 is 17.3 Å². The number of fused-ring (bicyclic) bond motifs is 3. The van der Waals surface area contributed by atoms with E-state index in [-0.39, 0.29) is 16.9 Å². The molecular weight excluding hydrogens is 430 g/mol. The van der Waals surface area contributed by atoms with E-state index in [4.69, 9.17) is 0 Å². The number of hydrogen-bond acceptors (Lipinski definition) is 9. The number of phenolic OH excluding ortho intramolecular Hbond substituents is 1. The predicted octanol–water partition coefficient (Wildman–Crippen LogP) is 1.15. The number of likely N-dealkylation sites (N-methyl/N-ethyl adjacent to an activating group) is 1. The van der Waals surface area contributed by atoms with E-state index in [9.17, 15) is 39.9 Å². The summed E-state index contributed by atoms with van der Waals surface area (Å²) in [6.45, 7) is 4.82. The summed E-state index contributed by atoms with van der Waals surface area (Å²) in [5.41, 5.74) is -3.50. The summed E-state index contributed by atoms with van der Waals surface area (Å²) in [5, 5.41) is 55.7. The van der Waals surface area contributed by atoms with Gasteiger partial charge in [-0.15, -0.1) is 0 Å². The van der Waals surface area contributed by atoms with Gasteiger partial charge in [-0.1, -0.05) is 26.0 Å². The highest BCUT2D eigenvalue weighted by Crippen LogP contribution is 2.55. The standard InChI is InChI=1S/C24H27NO8/c1-5-25(4)18-17-20(29)13-9(2)11-7-6-8-12(27)15(11)19(28)16(13)23(32)24(17,33)22(31)14(10(3)26)21(18)30/h6-9,13,17-18,20,27,29-30,32-33H,5H2,1-4H3/t9?,13?,17?,18-,20?,24+/m0/s1. The lowest BCUT2D eigenvalue weighted by Crippen LogP contribution is -2.68. The second kappa shape index (κ2) is 7.51. The van der Waals surface area contributed by atoms with Gasteiger partial charge in [0, 0.05) is 11.5 Å². The fourth-order valence-corrected chi connectivity index (χ4v) is 5.80. The molecule has 5 N–H and O–H groups in total. The number of ketones is 3. The van der Waals surface area contributed by atoms with Gasteiger partial charge in [-0.25, -0.2) is 0 Å². The third-order valence-corrected chi connectivity index (χ3v) is 7.52. The molecule has 0 bridgehead atoms. The van der Waals surface area contributed by atoms with Crippen molar-refractivity contribution in [2.24, 2.45) is 11.8 Å². The van der Waals surface area contributed by atoms with E-state index in [1.165, 1.54) is 6.07 Å². The van der Waals surface area contributed by atoms with Crippen molar-refractivity contribution in [1.29, 1.82) is 0 Å². The van der Waals surface area contributed by atoms with Gasteiger partial charge in [0.15, 0.2) is 17.2 Å². The highest BCUT2D eigenvalue weighted by molar-refractivity contribution is 6.25. The van der Waals surface area contributed by atoms with Crippen molar-refractivity contribution in [2.45, 2.75) is 44.4 Å². The van der Waals surface area contributed by atoms with Crippen LogP contribution in [-0.2, 0) is 9.59 Å². The Balaban J connectivity index is 2.06. The number of aliphatic hydroxyl groups is 4. The Kier molecular flexibility index (Phi) is 5.27. The van der Waals surface area contributed by atoms with E-state index in [2.05, 4.69) is 0 Å². The summed E-state index contributed by atoms with van der Waals surface area (Å²) < 4.78 is 0. The Labute approximate surface area is 190 Å². The van der Waals surface area contributed by atoms with Gasteiger partial charge in [0.2, 0.25) is 5.78 Å². The maximum absolute atomic E-state index is 13.4. The van der Waals surface area contributed by atoms with Crippen LogP contribution in [0.3, 0.4) is 0 Å². The molecule has 0 saturated carbocycles. The van der Waals surface area contributed by atoms with Crippen LogP contribution in [0.25, 0.3) is 0 Å². The SMILES string of the molecule is CCN(C)[C@@H]1C(O)=C(C(C)=O)C(=O)[C@@]2(O)C(O)=C3C(=O)c4c(O)cccc4C(C)C3C(O)C12. The number of nitrogens with zero attached hydrogens (tertiary/aromatic N) is 1. The molecule has 0 amide bonds. The number of aromatic hydroxyl groups is 1. The number of phenols is 1. The molecule has 4 unspecified atom stereocenters. The van der Waals surface area contributed by atoms with Crippen LogP contribution in [0.2, 0.25) is 0 Å². The van der Waals surface area contributed by atoms with Gasteiger partial charge >= 0.3 is 0 Å². The van der Waals surface area contributed by atoms with E-state index in [0.717, 1.165) is 6.92 Å². The van der Waals surface area contributed by atoms with Crippen molar-refractivity contribution in [2.75, 3.05) is 13.6 Å². The molecule has 3 aliphatic carbocycles. The molecule has 1 aromatic carbocycles. The molecule has 9 heteroatoms.